The second-order valence-electron chi connectivity index (χ2n) is 5.66. The molecule has 0 fully saturated rings. The van der Waals surface area contributed by atoms with E-state index in [1.54, 1.807) is 6.07 Å². The molecule has 0 amide bonds. The maximum atomic E-state index is 14.0. The Kier molecular flexibility index (Phi) is 3.82. The lowest BCUT2D eigenvalue weighted by Gasteiger charge is -2.21. The molecule has 3 rings (SSSR count). The van der Waals surface area contributed by atoms with Gasteiger partial charge in [0.25, 0.3) is 0 Å². The number of ether oxygens (including phenoxy) is 1. The van der Waals surface area contributed by atoms with Crippen LogP contribution in [0.2, 0.25) is 0 Å². The molecule has 0 aromatic heterocycles. The zero-order valence-corrected chi connectivity index (χ0v) is 12.4. The summed E-state index contributed by atoms with van der Waals surface area (Å²) in [7, 11) is 0. The van der Waals surface area contributed by atoms with Crippen molar-refractivity contribution >= 4 is 5.69 Å². The Hall–Kier alpha value is -2.03. The average Bonchev–Trinajstić information content (AvgIpc) is 2.67. The molecule has 0 bridgehead atoms. The maximum absolute atomic E-state index is 14.0. The number of fused-ring (bicyclic) bond motifs is 1. The third-order valence-electron chi connectivity index (χ3n) is 3.95. The van der Waals surface area contributed by atoms with E-state index in [0.29, 0.717) is 12.3 Å². The highest BCUT2D eigenvalue weighted by molar-refractivity contribution is 5.52. The molecule has 1 N–H and O–H groups in total. The SMILES string of the molecule is Cc1ccc(F)c(NC2CCCOc3c(C)cccc32)c1. The Balaban J connectivity index is 1.96. The van der Waals surface area contributed by atoms with Gasteiger partial charge < -0.3 is 10.1 Å². The highest BCUT2D eigenvalue weighted by atomic mass is 19.1. The van der Waals surface area contributed by atoms with Crippen LogP contribution in [0, 0.1) is 19.7 Å². The number of aryl methyl sites for hydroxylation is 2. The van der Waals surface area contributed by atoms with Crippen molar-refractivity contribution in [1.29, 1.82) is 0 Å². The van der Waals surface area contributed by atoms with Crippen molar-refractivity contribution in [3.8, 4) is 5.75 Å². The Morgan fingerprint density at radius 2 is 2.05 bits per heavy atom. The molecule has 1 unspecified atom stereocenters. The van der Waals surface area contributed by atoms with Gasteiger partial charge in [0, 0.05) is 5.56 Å². The van der Waals surface area contributed by atoms with Gasteiger partial charge in [-0.15, -0.1) is 0 Å². The van der Waals surface area contributed by atoms with Crippen molar-refractivity contribution in [2.75, 3.05) is 11.9 Å². The van der Waals surface area contributed by atoms with E-state index >= 15 is 0 Å². The third-order valence-corrected chi connectivity index (χ3v) is 3.95. The predicted octanol–water partition coefficient (Wildman–Crippen LogP) is 4.77. The van der Waals surface area contributed by atoms with Gasteiger partial charge in [0.15, 0.2) is 0 Å². The average molecular weight is 285 g/mol. The summed E-state index contributed by atoms with van der Waals surface area (Å²) in [5.74, 6) is 0.737. The van der Waals surface area contributed by atoms with Crippen molar-refractivity contribution < 1.29 is 9.13 Å². The Morgan fingerprint density at radius 3 is 2.90 bits per heavy atom. The fourth-order valence-corrected chi connectivity index (χ4v) is 2.85. The van der Waals surface area contributed by atoms with Gasteiger partial charge in [-0.3, -0.25) is 0 Å². The van der Waals surface area contributed by atoms with Crippen molar-refractivity contribution in [3.63, 3.8) is 0 Å². The monoisotopic (exact) mass is 285 g/mol. The summed E-state index contributed by atoms with van der Waals surface area (Å²) in [6, 6.07) is 11.4. The Labute approximate surface area is 125 Å². The largest absolute Gasteiger partial charge is 0.493 e. The van der Waals surface area contributed by atoms with Crippen LogP contribution in [0.5, 0.6) is 5.75 Å². The molecule has 0 saturated carbocycles. The number of anilines is 1. The standard InChI is InChI=1S/C18H20FNO/c1-12-8-9-15(19)17(11-12)20-16-7-4-10-21-18-13(2)5-3-6-14(16)18/h3,5-6,8-9,11,16,20H,4,7,10H2,1-2H3. The van der Waals surface area contributed by atoms with Gasteiger partial charge in [0.05, 0.1) is 18.3 Å². The molecule has 0 spiro atoms. The van der Waals surface area contributed by atoms with E-state index in [1.165, 1.54) is 6.07 Å². The highest BCUT2D eigenvalue weighted by Gasteiger charge is 2.21. The normalized spacial score (nSPS) is 17.6. The first-order valence-corrected chi connectivity index (χ1v) is 7.40. The topological polar surface area (TPSA) is 21.3 Å². The van der Waals surface area contributed by atoms with Gasteiger partial charge in [-0.1, -0.05) is 24.3 Å². The van der Waals surface area contributed by atoms with E-state index in [4.69, 9.17) is 4.74 Å². The zero-order chi connectivity index (χ0) is 14.8. The van der Waals surface area contributed by atoms with Crippen molar-refractivity contribution in [2.24, 2.45) is 0 Å². The minimum absolute atomic E-state index is 0.0821. The van der Waals surface area contributed by atoms with Crippen molar-refractivity contribution in [3.05, 3.63) is 58.9 Å². The van der Waals surface area contributed by atoms with Gasteiger partial charge in [-0.25, -0.2) is 4.39 Å². The molecular formula is C18H20FNO. The molecule has 1 aliphatic heterocycles. The lowest BCUT2D eigenvalue weighted by atomic mass is 9.99. The van der Waals surface area contributed by atoms with Crippen LogP contribution in [0.1, 0.15) is 35.6 Å². The van der Waals surface area contributed by atoms with Crippen LogP contribution in [0.25, 0.3) is 0 Å². The molecule has 3 heteroatoms. The zero-order valence-electron chi connectivity index (χ0n) is 12.4. The maximum Gasteiger partial charge on any atom is 0.146 e. The minimum atomic E-state index is -0.208. The molecule has 0 radical (unpaired) electrons. The van der Waals surface area contributed by atoms with Gasteiger partial charge in [-0.05, 0) is 49.9 Å². The number of hydrogen-bond acceptors (Lipinski definition) is 2. The van der Waals surface area contributed by atoms with Crippen molar-refractivity contribution in [2.45, 2.75) is 32.7 Å². The molecule has 21 heavy (non-hydrogen) atoms. The molecule has 0 aliphatic carbocycles. The summed E-state index contributed by atoms with van der Waals surface area (Å²) < 4.78 is 19.9. The second-order valence-corrected chi connectivity index (χ2v) is 5.66. The van der Waals surface area contributed by atoms with Gasteiger partial charge in [0.1, 0.15) is 11.6 Å². The molecule has 110 valence electrons. The quantitative estimate of drug-likeness (QED) is 0.858. The summed E-state index contributed by atoms with van der Waals surface area (Å²) in [4.78, 5) is 0. The fraction of sp³-hybridized carbons (Fsp3) is 0.333. The first-order chi connectivity index (χ1) is 10.1. The van der Waals surface area contributed by atoms with E-state index in [-0.39, 0.29) is 11.9 Å². The van der Waals surface area contributed by atoms with Gasteiger partial charge in [0.2, 0.25) is 0 Å². The van der Waals surface area contributed by atoms with Crippen molar-refractivity contribution in [1.82, 2.24) is 0 Å². The second kappa shape index (κ2) is 5.76. The summed E-state index contributed by atoms with van der Waals surface area (Å²) >= 11 is 0. The van der Waals surface area contributed by atoms with Crippen LogP contribution in [0.4, 0.5) is 10.1 Å². The summed E-state index contributed by atoms with van der Waals surface area (Å²) in [5.41, 5.74) is 3.86. The van der Waals surface area contributed by atoms with Crippen LogP contribution in [-0.2, 0) is 0 Å². The van der Waals surface area contributed by atoms with E-state index in [0.717, 1.165) is 35.3 Å². The number of halogens is 1. The molecule has 1 atom stereocenters. The van der Waals surface area contributed by atoms with Gasteiger partial charge in [-0.2, -0.15) is 0 Å². The number of benzene rings is 2. The highest BCUT2D eigenvalue weighted by Crippen LogP contribution is 2.36. The molecule has 2 aromatic carbocycles. The lowest BCUT2D eigenvalue weighted by Crippen LogP contribution is -2.11. The van der Waals surface area contributed by atoms with E-state index < -0.39 is 0 Å². The molecule has 2 aromatic rings. The fourth-order valence-electron chi connectivity index (χ4n) is 2.85. The Morgan fingerprint density at radius 1 is 1.19 bits per heavy atom. The lowest BCUT2D eigenvalue weighted by molar-refractivity contribution is 0.314. The smallest absolute Gasteiger partial charge is 0.146 e. The predicted molar refractivity (Wildman–Crippen MR) is 83.4 cm³/mol. The summed E-state index contributed by atoms with van der Waals surface area (Å²) in [6.45, 7) is 4.74. The van der Waals surface area contributed by atoms with Crippen LogP contribution in [0.3, 0.4) is 0 Å². The first kappa shape index (κ1) is 13.9. The van der Waals surface area contributed by atoms with Gasteiger partial charge >= 0.3 is 0 Å². The number of para-hydroxylation sites is 1. The van der Waals surface area contributed by atoms with Crippen LogP contribution < -0.4 is 10.1 Å². The summed E-state index contributed by atoms with van der Waals surface area (Å²) in [5, 5.41) is 3.36. The third kappa shape index (κ3) is 2.87. The molecule has 0 saturated heterocycles. The number of rotatable bonds is 2. The van der Waals surface area contributed by atoms with Crippen LogP contribution >= 0.6 is 0 Å². The molecule has 1 heterocycles. The summed E-state index contributed by atoms with van der Waals surface area (Å²) in [6.07, 6.45) is 1.89. The Bertz CT molecular complexity index is 654. The molecule has 2 nitrogen and oxygen atoms in total. The molecule has 1 aliphatic rings. The van der Waals surface area contributed by atoms with Crippen LogP contribution in [-0.4, -0.2) is 6.61 Å². The molecular weight excluding hydrogens is 265 g/mol. The van der Waals surface area contributed by atoms with Crippen LogP contribution in [0.15, 0.2) is 36.4 Å². The van der Waals surface area contributed by atoms with E-state index in [9.17, 15) is 4.39 Å². The number of nitrogens with one attached hydrogen (secondary N) is 1. The van der Waals surface area contributed by atoms with E-state index in [2.05, 4.69) is 24.4 Å². The number of hydrogen-bond donors (Lipinski definition) is 1. The first-order valence-electron chi connectivity index (χ1n) is 7.40. The van der Waals surface area contributed by atoms with E-state index in [1.807, 2.05) is 19.1 Å². The minimum Gasteiger partial charge on any atom is -0.493 e.